The lowest BCUT2D eigenvalue weighted by Crippen LogP contribution is -2.39. The van der Waals surface area contributed by atoms with E-state index in [4.69, 9.17) is 17.3 Å². The Kier molecular flexibility index (Phi) is 4.23. The van der Waals surface area contributed by atoms with Gasteiger partial charge in [0, 0.05) is 40.8 Å². The summed E-state index contributed by atoms with van der Waals surface area (Å²) in [7, 11) is 0. The Bertz CT molecular complexity index is 387. The highest BCUT2D eigenvalue weighted by Gasteiger charge is 2.22. The Morgan fingerprint density at radius 2 is 2.00 bits per heavy atom. The summed E-state index contributed by atoms with van der Waals surface area (Å²) in [5.41, 5.74) is 7.61. The van der Waals surface area contributed by atoms with Crippen LogP contribution < -0.4 is 5.73 Å². The van der Waals surface area contributed by atoms with Crippen molar-refractivity contribution < 1.29 is 0 Å². The molecule has 2 nitrogen and oxygen atoms in total. The molecule has 0 aliphatic carbocycles. The van der Waals surface area contributed by atoms with Crippen LogP contribution in [-0.4, -0.2) is 28.5 Å². The molecule has 0 spiro atoms. The van der Waals surface area contributed by atoms with Gasteiger partial charge in [-0.05, 0) is 17.7 Å². The van der Waals surface area contributed by atoms with Gasteiger partial charge in [-0.25, -0.2) is 0 Å². The predicted molar refractivity (Wildman–Crippen MR) is 77.7 cm³/mol. The van der Waals surface area contributed by atoms with Gasteiger partial charge >= 0.3 is 0 Å². The van der Waals surface area contributed by atoms with Crippen molar-refractivity contribution in [3.05, 3.63) is 28.8 Å². The molecule has 94 valence electrons. The van der Waals surface area contributed by atoms with E-state index in [1.54, 1.807) is 0 Å². The third-order valence-electron chi connectivity index (χ3n) is 2.97. The van der Waals surface area contributed by atoms with Crippen LogP contribution in [0.1, 0.15) is 19.4 Å². The number of halogens is 1. The van der Waals surface area contributed by atoms with Crippen LogP contribution >= 0.6 is 23.4 Å². The van der Waals surface area contributed by atoms with Crippen molar-refractivity contribution in [3.63, 3.8) is 0 Å². The highest BCUT2D eigenvalue weighted by Crippen LogP contribution is 2.27. The van der Waals surface area contributed by atoms with Crippen LogP contribution in [0.25, 0.3) is 0 Å². The van der Waals surface area contributed by atoms with Crippen LogP contribution in [-0.2, 0) is 6.54 Å². The van der Waals surface area contributed by atoms with Crippen LogP contribution in [0.5, 0.6) is 0 Å². The third-order valence-corrected chi connectivity index (χ3v) is 4.55. The average Bonchev–Trinajstić information content (AvgIpc) is 2.21. The van der Waals surface area contributed by atoms with Crippen molar-refractivity contribution in [2.45, 2.75) is 30.9 Å². The zero-order valence-electron chi connectivity index (χ0n) is 10.3. The van der Waals surface area contributed by atoms with Gasteiger partial charge in [-0.3, -0.25) is 4.90 Å². The Morgan fingerprint density at radius 1 is 1.35 bits per heavy atom. The highest BCUT2D eigenvalue weighted by atomic mass is 35.5. The van der Waals surface area contributed by atoms with Gasteiger partial charge in [0.05, 0.1) is 0 Å². The van der Waals surface area contributed by atoms with E-state index in [1.807, 2.05) is 18.2 Å². The lowest BCUT2D eigenvalue weighted by atomic mass is 10.2. The van der Waals surface area contributed by atoms with Crippen molar-refractivity contribution in [2.75, 3.05) is 18.8 Å². The summed E-state index contributed by atoms with van der Waals surface area (Å²) in [6.07, 6.45) is 0. The minimum Gasteiger partial charge on any atom is -0.399 e. The van der Waals surface area contributed by atoms with Gasteiger partial charge in [0.1, 0.15) is 0 Å². The molecular formula is C13H19ClN2S. The Morgan fingerprint density at radius 3 is 2.59 bits per heavy atom. The largest absolute Gasteiger partial charge is 0.399 e. The molecule has 2 rings (SSSR count). The van der Waals surface area contributed by atoms with Crippen LogP contribution in [0, 0.1) is 0 Å². The van der Waals surface area contributed by atoms with Gasteiger partial charge in [-0.15, -0.1) is 0 Å². The molecule has 1 aromatic rings. The minimum atomic E-state index is 0.700. The van der Waals surface area contributed by atoms with Gasteiger partial charge < -0.3 is 5.73 Å². The number of nitrogens with zero attached hydrogens (tertiary/aromatic N) is 1. The second kappa shape index (κ2) is 5.51. The van der Waals surface area contributed by atoms with Crippen LogP contribution in [0.2, 0.25) is 5.02 Å². The maximum atomic E-state index is 6.21. The Labute approximate surface area is 113 Å². The second-order valence-corrected chi connectivity index (χ2v) is 7.09. The fourth-order valence-electron chi connectivity index (χ4n) is 2.35. The third kappa shape index (κ3) is 3.54. The van der Waals surface area contributed by atoms with E-state index >= 15 is 0 Å². The summed E-state index contributed by atoms with van der Waals surface area (Å²) in [5.74, 6) is 0. The molecule has 1 aromatic carbocycles. The molecule has 0 radical (unpaired) electrons. The van der Waals surface area contributed by atoms with Crippen LogP contribution in [0.3, 0.4) is 0 Å². The first-order chi connectivity index (χ1) is 8.04. The molecule has 2 N–H and O–H groups in total. The van der Waals surface area contributed by atoms with Crippen molar-refractivity contribution >= 4 is 29.1 Å². The highest BCUT2D eigenvalue weighted by molar-refractivity contribution is 8.00. The second-order valence-electron chi connectivity index (χ2n) is 4.80. The number of hydrogen-bond donors (Lipinski definition) is 1. The number of anilines is 1. The SMILES string of the molecule is CC1CN(Cc2ccc(N)cc2Cl)CC(C)S1. The summed E-state index contributed by atoms with van der Waals surface area (Å²) in [6.45, 7) is 7.77. The van der Waals surface area contributed by atoms with Crippen molar-refractivity contribution in [3.8, 4) is 0 Å². The van der Waals surface area contributed by atoms with Crippen molar-refractivity contribution in [1.29, 1.82) is 0 Å². The van der Waals surface area contributed by atoms with Gasteiger partial charge in [0.25, 0.3) is 0 Å². The van der Waals surface area contributed by atoms with Gasteiger partial charge in [0.15, 0.2) is 0 Å². The summed E-state index contributed by atoms with van der Waals surface area (Å²) in [6, 6.07) is 5.80. The van der Waals surface area contributed by atoms with Crippen LogP contribution in [0.4, 0.5) is 5.69 Å². The van der Waals surface area contributed by atoms with Gasteiger partial charge in [0.2, 0.25) is 0 Å². The molecule has 1 fully saturated rings. The summed E-state index contributed by atoms with van der Waals surface area (Å²) in [4.78, 5) is 2.48. The normalized spacial score (nSPS) is 26.1. The number of hydrogen-bond acceptors (Lipinski definition) is 3. The standard InChI is InChI=1S/C13H19ClN2S/c1-9-6-16(7-10(2)17-9)8-11-3-4-12(15)5-13(11)14/h3-5,9-10H,6-8,15H2,1-2H3. The van der Waals surface area contributed by atoms with E-state index in [-0.39, 0.29) is 0 Å². The molecule has 4 heteroatoms. The summed E-state index contributed by atoms with van der Waals surface area (Å²) >= 11 is 8.28. The quantitative estimate of drug-likeness (QED) is 0.837. The number of nitrogens with two attached hydrogens (primary N) is 1. The van der Waals surface area contributed by atoms with E-state index in [2.05, 4.69) is 30.5 Å². The molecular weight excluding hydrogens is 252 g/mol. The number of thioether (sulfide) groups is 1. The van der Waals surface area contributed by atoms with E-state index in [0.717, 1.165) is 30.3 Å². The molecule has 0 saturated carbocycles. The Balaban J connectivity index is 2.04. The fraction of sp³-hybridized carbons (Fsp3) is 0.538. The molecule has 1 heterocycles. The smallest absolute Gasteiger partial charge is 0.0471 e. The topological polar surface area (TPSA) is 29.3 Å². The maximum Gasteiger partial charge on any atom is 0.0471 e. The van der Waals surface area contributed by atoms with Crippen molar-refractivity contribution in [1.82, 2.24) is 4.90 Å². The lowest BCUT2D eigenvalue weighted by molar-refractivity contribution is 0.263. The molecule has 1 saturated heterocycles. The molecule has 2 atom stereocenters. The molecule has 0 aromatic heterocycles. The van der Waals surface area contributed by atoms with Crippen molar-refractivity contribution in [2.24, 2.45) is 0 Å². The minimum absolute atomic E-state index is 0.700. The first-order valence-electron chi connectivity index (χ1n) is 5.96. The molecule has 0 amide bonds. The maximum absolute atomic E-state index is 6.21. The predicted octanol–water partition coefficient (Wildman–Crippen LogP) is 3.25. The Hall–Kier alpha value is -0.380. The number of benzene rings is 1. The molecule has 2 unspecified atom stereocenters. The van der Waals surface area contributed by atoms with E-state index < -0.39 is 0 Å². The average molecular weight is 271 g/mol. The lowest BCUT2D eigenvalue weighted by Gasteiger charge is -2.34. The number of rotatable bonds is 2. The van der Waals surface area contributed by atoms with E-state index in [1.165, 1.54) is 5.56 Å². The molecule has 1 aliphatic heterocycles. The first kappa shape index (κ1) is 13.1. The summed E-state index contributed by atoms with van der Waals surface area (Å²) in [5, 5.41) is 2.18. The fourth-order valence-corrected chi connectivity index (χ4v) is 3.98. The van der Waals surface area contributed by atoms with Crippen LogP contribution in [0.15, 0.2) is 18.2 Å². The zero-order chi connectivity index (χ0) is 12.4. The summed E-state index contributed by atoms with van der Waals surface area (Å²) < 4.78 is 0. The molecule has 17 heavy (non-hydrogen) atoms. The molecule has 0 bridgehead atoms. The molecule has 1 aliphatic rings. The zero-order valence-corrected chi connectivity index (χ0v) is 11.9. The van der Waals surface area contributed by atoms with E-state index in [9.17, 15) is 0 Å². The van der Waals surface area contributed by atoms with Gasteiger partial charge in [-0.1, -0.05) is 31.5 Å². The number of nitrogen functional groups attached to an aromatic ring is 1. The van der Waals surface area contributed by atoms with E-state index in [0.29, 0.717) is 10.5 Å². The monoisotopic (exact) mass is 270 g/mol. The van der Waals surface area contributed by atoms with Gasteiger partial charge in [-0.2, -0.15) is 11.8 Å². The first-order valence-corrected chi connectivity index (χ1v) is 7.28.